The molecular weight excluding hydrogens is 214 g/mol. The van der Waals surface area contributed by atoms with Gasteiger partial charge in [-0.3, -0.25) is 4.98 Å². The molecule has 1 heterocycles. The van der Waals surface area contributed by atoms with Crippen LogP contribution in [0, 0.1) is 0 Å². The molecule has 0 radical (unpaired) electrons. The third kappa shape index (κ3) is 1.61. The van der Waals surface area contributed by atoms with Crippen molar-refractivity contribution in [1.82, 2.24) is 4.98 Å². The quantitative estimate of drug-likeness (QED) is 0.645. The number of pyridine rings is 1. The van der Waals surface area contributed by atoms with E-state index in [1.807, 2.05) is 30.3 Å². The summed E-state index contributed by atoms with van der Waals surface area (Å²) in [7, 11) is 0. The Morgan fingerprint density at radius 3 is 2.71 bits per heavy atom. The first kappa shape index (κ1) is 9.78. The second-order valence-corrected chi connectivity index (χ2v) is 3.92. The van der Waals surface area contributed by atoms with E-state index in [2.05, 4.69) is 4.98 Å². The van der Waals surface area contributed by atoms with Gasteiger partial charge in [0.05, 0.1) is 11.1 Å². The van der Waals surface area contributed by atoms with Crippen molar-refractivity contribution in [2.75, 3.05) is 0 Å². The van der Waals surface area contributed by atoms with Crippen molar-refractivity contribution < 1.29 is 9.90 Å². The minimum Gasteiger partial charge on any atom is -0.478 e. The Morgan fingerprint density at radius 1 is 1.00 bits per heavy atom. The van der Waals surface area contributed by atoms with Crippen molar-refractivity contribution in [3.63, 3.8) is 0 Å². The summed E-state index contributed by atoms with van der Waals surface area (Å²) >= 11 is 0. The van der Waals surface area contributed by atoms with E-state index in [0.717, 1.165) is 21.7 Å². The van der Waals surface area contributed by atoms with Crippen LogP contribution in [0.15, 0.2) is 48.7 Å². The van der Waals surface area contributed by atoms with Gasteiger partial charge in [0.15, 0.2) is 0 Å². The molecule has 0 spiro atoms. The number of hydrogen-bond acceptors (Lipinski definition) is 2. The first-order valence-electron chi connectivity index (χ1n) is 5.26. The van der Waals surface area contributed by atoms with Gasteiger partial charge in [-0.1, -0.05) is 12.1 Å². The summed E-state index contributed by atoms with van der Waals surface area (Å²) in [6.07, 6.45) is 1.73. The zero-order valence-corrected chi connectivity index (χ0v) is 8.92. The summed E-state index contributed by atoms with van der Waals surface area (Å²) in [6.45, 7) is 0. The van der Waals surface area contributed by atoms with Gasteiger partial charge < -0.3 is 5.11 Å². The van der Waals surface area contributed by atoms with Gasteiger partial charge in [-0.15, -0.1) is 0 Å². The second kappa shape index (κ2) is 3.56. The van der Waals surface area contributed by atoms with E-state index in [0.29, 0.717) is 5.56 Å². The zero-order valence-electron chi connectivity index (χ0n) is 8.92. The van der Waals surface area contributed by atoms with Gasteiger partial charge in [-0.25, -0.2) is 4.79 Å². The van der Waals surface area contributed by atoms with Gasteiger partial charge in [0.25, 0.3) is 0 Å². The average Bonchev–Trinajstić information content (AvgIpc) is 2.35. The molecular formula is C14H9NO2. The Morgan fingerprint density at radius 2 is 1.88 bits per heavy atom. The Balaban J connectivity index is 2.36. The van der Waals surface area contributed by atoms with Crippen molar-refractivity contribution in [3.8, 4) is 0 Å². The predicted octanol–water partition coefficient (Wildman–Crippen LogP) is 3.09. The molecule has 0 atom stereocenters. The van der Waals surface area contributed by atoms with Crippen LogP contribution in [0.3, 0.4) is 0 Å². The monoisotopic (exact) mass is 223 g/mol. The predicted molar refractivity (Wildman–Crippen MR) is 66.2 cm³/mol. The van der Waals surface area contributed by atoms with Crippen molar-refractivity contribution >= 4 is 27.6 Å². The number of hydrogen-bond donors (Lipinski definition) is 1. The van der Waals surface area contributed by atoms with E-state index in [9.17, 15) is 4.79 Å². The van der Waals surface area contributed by atoms with Crippen molar-refractivity contribution in [2.24, 2.45) is 0 Å². The van der Waals surface area contributed by atoms with Crippen LogP contribution in [0.4, 0.5) is 0 Å². The van der Waals surface area contributed by atoms with E-state index in [1.165, 1.54) is 0 Å². The smallest absolute Gasteiger partial charge is 0.335 e. The highest BCUT2D eigenvalue weighted by molar-refractivity contribution is 6.00. The van der Waals surface area contributed by atoms with Gasteiger partial charge in [0.2, 0.25) is 0 Å². The first-order valence-corrected chi connectivity index (χ1v) is 5.26. The largest absolute Gasteiger partial charge is 0.478 e. The maximum atomic E-state index is 10.9. The number of aromatic carboxylic acids is 1. The Hall–Kier alpha value is -2.42. The number of carboxylic acid groups (broad SMARTS) is 1. The SMILES string of the molecule is O=C(O)c1ccc2cc3cccnc3cc2c1. The van der Waals surface area contributed by atoms with Crippen LogP contribution in [0.2, 0.25) is 0 Å². The molecule has 2 aromatic carbocycles. The average molecular weight is 223 g/mol. The highest BCUT2D eigenvalue weighted by Gasteiger charge is 2.04. The summed E-state index contributed by atoms with van der Waals surface area (Å²) in [6, 6.07) is 12.9. The minimum absolute atomic E-state index is 0.299. The standard InChI is InChI=1S/C14H9NO2/c16-14(17)11-4-3-9-6-10-2-1-5-15-13(10)8-12(9)7-11/h1-8H,(H,16,17). The molecule has 82 valence electrons. The lowest BCUT2D eigenvalue weighted by Crippen LogP contribution is -1.95. The van der Waals surface area contributed by atoms with E-state index in [4.69, 9.17) is 5.11 Å². The fourth-order valence-corrected chi connectivity index (χ4v) is 1.95. The number of aromatic nitrogens is 1. The Labute approximate surface area is 97.3 Å². The van der Waals surface area contributed by atoms with Gasteiger partial charge in [0.1, 0.15) is 0 Å². The molecule has 0 aliphatic carbocycles. The summed E-state index contributed by atoms with van der Waals surface area (Å²) < 4.78 is 0. The van der Waals surface area contributed by atoms with E-state index < -0.39 is 5.97 Å². The molecule has 3 rings (SSSR count). The van der Waals surface area contributed by atoms with Crippen LogP contribution in [0.25, 0.3) is 21.7 Å². The van der Waals surface area contributed by atoms with Gasteiger partial charge >= 0.3 is 5.97 Å². The molecule has 3 aromatic rings. The van der Waals surface area contributed by atoms with Gasteiger partial charge in [0, 0.05) is 11.6 Å². The van der Waals surface area contributed by atoms with Crippen molar-refractivity contribution in [2.45, 2.75) is 0 Å². The lowest BCUT2D eigenvalue weighted by molar-refractivity contribution is 0.0697. The van der Waals surface area contributed by atoms with E-state index in [1.54, 1.807) is 18.3 Å². The lowest BCUT2D eigenvalue weighted by atomic mass is 10.0. The van der Waals surface area contributed by atoms with Gasteiger partial charge in [-0.05, 0) is 41.1 Å². The molecule has 17 heavy (non-hydrogen) atoms. The third-order valence-electron chi connectivity index (χ3n) is 2.81. The highest BCUT2D eigenvalue weighted by atomic mass is 16.4. The van der Waals surface area contributed by atoms with Crippen molar-refractivity contribution in [1.29, 1.82) is 0 Å². The van der Waals surface area contributed by atoms with Crippen LogP contribution >= 0.6 is 0 Å². The molecule has 3 nitrogen and oxygen atoms in total. The highest BCUT2D eigenvalue weighted by Crippen LogP contribution is 2.22. The van der Waals surface area contributed by atoms with E-state index >= 15 is 0 Å². The number of rotatable bonds is 1. The normalized spacial score (nSPS) is 10.8. The first-order chi connectivity index (χ1) is 8.24. The summed E-state index contributed by atoms with van der Waals surface area (Å²) in [5.74, 6) is -0.909. The molecule has 0 unspecified atom stereocenters. The molecule has 0 fully saturated rings. The third-order valence-corrected chi connectivity index (χ3v) is 2.81. The number of fused-ring (bicyclic) bond motifs is 2. The van der Waals surface area contributed by atoms with Gasteiger partial charge in [-0.2, -0.15) is 0 Å². The van der Waals surface area contributed by atoms with Crippen LogP contribution < -0.4 is 0 Å². The molecule has 1 aromatic heterocycles. The maximum absolute atomic E-state index is 10.9. The molecule has 0 saturated heterocycles. The van der Waals surface area contributed by atoms with Crippen LogP contribution in [0.5, 0.6) is 0 Å². The summed E-state index contributed by atoms with van der Waals surface area (Å²) in [4.78, 5) is 15.2. The molecule has 0 saturated carbocycles. The van der Waals surface area contributed by atoms with Crippen LogP contribution in [-0.4, -0.2) is 16.1 Å². The van der Waals surface area contributed by atoms with Crippen LogP contribution in [0.1, 0.15) is 10.4 Å². The summed E-state index contributed by atoms with van der Waals surface area (Å²) in [5, 5.41) is 11.9. The molecule has 0 bridgehead atoms. The molecule has 1 N–H and O–H groups in total. The second-order valence-electron chi connectivity index (χ2n) is 3.92. The fraction of sp³-hybridized carbons (Fsp3) is 0. The maximum Gasteiger partial charge on any atom is 0.335 e. The number of carbonyl (C=O) groups is 1. The lowest BCUT2D eigenvalue weighted by Gasteiger charge is -2.02. The molecule has 0 aliphatic rings. The summed E-state index contributed by atoms with van der Waals surface area (Å²) in [5.41, 5.74) is 1.18. The van der Waals surface area contributed by atoms with Crippen molar-refractivity contribution in [3.05, 3.63) is 54.2 Å². The number of carboxylic acids is 1. The Bertz CT molecular complexity index is 734. The van der Waals surface area contributed by atoms with Crippen LogP contribution in [-0.2, 0) is 0 Å². The molecule has 3 heteroatoms. The molecule has 0 amide bonds. The topological polar surface area (TPSA) is 50.2 Å². The zero-order chi connectivity index (χ0) is 11.8. The molecule has 0 aliphatic heterocycles. The van der Waals surface area contributed by atoms with E-state index in [-0.39, 0.29) is 0 Å². The fourth-order valence-electron chi connectivity index (χ4n) is 1.95. The minimum atomic E-state index is -0.909. The number of nitrogens with zero attached hydrogens (tertiary/aromatic N) is 1. The number of benzene rings is 2. The Kier molecular flexibility index (Phi) is 2.05.